The van der Waals surface area contributed by atoms with Gasteiger partial charge in [0.25, 0.3) is 0 Å². The van der Waals surface area contributed by atoms with Crippen molar-refractivity contribution in [1.29, 1.82) is 0 Å². The predicted molar refractivity (Wildman–Crippen MR) is 257 cm³/mol. The predicted octanol–water partition coefficient (Wildman–Crippen LogP) is 14.3. The average molecular weight is 811 g/mol. The van der Waals surface area contributed by atoms with Crippen LogP contribution in [0.3, 0.4) is 0 Å². The minimum Gasteiger partial charge on any atom is -0.456 e. The molecular weight excluding hydrogens is 773 g/mol. The molecule has 2 N–H and O–H groups in total. The lowest BCUT2D eigenvalue weighted by Crippen LogP contribution is -2.45. The van der Waals surface area contributed by atoms with Gasteiger partial charge in [0, 0.05) is 49.1 Å². The Hall–Kier alpha value is -8.19. The lowest BCUT2D eigenvalue weighted by atomic mass is 9.97. The molecule has 0 saturated heterocycles. The number of nitrogens with zero attached hydrogens (tertiary/aromatic N) is 2. The van der Waals surface area contributed by atoms with Crippen LogP contribution in [0.25, 0.3) is 93.6 Å². The Morgan fingerprint density at radius 2 is 1.03 bits per heavy atom. The van der Waals surface area contributed by atoms with Gasteiger partial charge in [0.1, 0.15) is 40.5 Å². The van der Waals surface area contributed by atoms with Crippen molar-refractivity contribution in [2.24, 2.45) is 4.99 Å². The third-order valence-electron chi connectivity index (χ3n) is 12.7. The lowest BCUT2D eigenvalue weighted by Gasteiger charge is -2.32. The monoisotopic (exact) mass is 810 g/mol. The molecule has 0 radical (unpaired) electrons. The molecular formula is C57H38N4O2. The van der Waals surface area contributed by atoms with E-state index in [-0.39, 0.29) is 12.3 Å². The second-order valence-corrected chi connectivity index (χ2v) is 16.4. The van der Waals surface area contributed by atoms with E-state index in [2.05, 4.69) is 203 Å². The highest BCUT2D eigenvalue weighted by molar-refractivity contribution is 6.11. The van der Waals surface area contributed by atoms with Crippen LogP contribution < -0.4 is 10.6 Å². The fraction of sp³-hybridized carbons (Fsp3) is 0.0351. The average Bonchev–Trinajstić information content (AvgIpc) is 4.03. The summed E-state index contributed by atoms with van der Waals surface area (Å²) in [5.41, 5.74) is 14.7. The summed E-state index contributed by atoms with van der Waals surface area (Å²) in [6.07, 6.45) is -0.615. The molecule has 2 unspecified atom stereocenters. The van der Waals surface area contributed by atoms with E-state index in [9.17, 15) is 0 Å². The molecule has 1 aliphatic heterocycles. The second-order valence-electron chi connectivity index (χ2n) is 16.4. The molecule has 0 spiro atoms. The SMILES string of the molecule is c1ccc(C2=NC(c3cccc4oc5ccc(-c6ccc(-c7ccc8c(c7)c7ccccc7n8-c7ccccc7)cc6)cc5c34)NC(c3ccc4c(c3)oc3ccccc34)N2)cc1. The van der Waals surface area contributed by atoms with Gasteiger partial charge in [-0.25, -0.2) is 4.99 Å². The van der Waals surface area contributed by atoms with Gasteiger partial charge >= 0.3 is 0 Å². The molecule has 12 aromatic rings. The van der Waals surface area contributed by atoms with E-state index in [4.69, 9.17) is 13.8 Å². The van der Waals surface area contributed by atoms with Crippen molar-refractivity contribution in [3.05, 3.63) is 223 Å². The maximum atomic E-state index is 6.54. The molecule has 63 heavy (non-hydrogen) atoms. The summed E-state index contributed by atoms with van der Waals surface area (Å²) in [6, 6.07) is 72.8. The molecule has 0 fully saturated rings. The van der Waals surface area contributed by atoms with Crippen molar-refractivity contribution >= 4 is 71.5 Å². The van der Waals surface area contributed by atoms with E-state index < -0.39 is 0 Å². The van der Waals surface area contributed by atoms with Gasteiger partial charge in [-0.15, -0.1) is 0 Å². The molecule has 3 aromatic heterocycles. The fourth-order valence-electron chi connectivity index (χ4n) is 9.68. The molecule has 13 rings (SSSR count). The van der Waals surface area contributed by atoms with Gasteiger partial charge in [-0.1, -0.05) is 146 Å². The van der Waals surface area contributed by atoms with Crippen LogP contribution in [-0.4, -0.2) is 10.4 Å². The summed E-state index contributed by atoms with van der Waals surface area (Å²) in [5.74, 6) is 0.820. The third-order valence-corrected chi connectivity index (χ3v) is 12.7. The minimum atomic E-state index is -0.371. The molecule has 6 heteroatoms. The Morgan fingerprint density at radius 1 is 0.413 bits per heavy atom. The highest BCUT2D eigenvalue weighted by Gasteiger charge is 2.28. The van der Waals surface area contributed by atoms with Crippen LogP contribution in [0, 0.1) is 0 Å². The molecule has 0 bridgehead atoms. The Balaban J connectivity index is 0.869. The third kappa shape index (κ3) is 5.87. The molecule has 0 amide bonds. The van der Waals surface area contributed by atoms with Gasteiger partial charge in [-0.2, -0.15) is 0 Å². The minimum absolute atomic E-state index is 0.244. The molecule has 9 aromatic carbocycles. The van der Waals surface area contributed by atoms with E-state index in [0.717, 1.165) is 83.2 Å². The highest BCUT2D eigenvalue weighted by atomic mass is 16.3. The Bertz CT molecular complexity index is 3750. The molecule has 4 heterocycles. The standard InChI is InChI=1S/C57H38N4O2/c1-3-12-37(13-4-1)55-58-56(40-26-29-44-43-17-8-10-20-50(43)63-53(44)34-40)60-57(59-55)45-18-11-21-52-54(45)47-33-39(28-31-51(47)62-52)36-24-22-35(23-25-36)38-27-30-49-46(32-38)42-16-7-9-19-48(42)61(49)41-14-5-2-6-15-41/h1-34,56-57,60H,(H,58,59). The van der Waals surface area contributed by atoms with Gasteiger partial charge in [0.15, 0.2) is 0 Å². The molecule has 2 atom stereocenters. The number of nitrogens with one attached hydrogen (secondary N) is 2. The smallest absolute Gasteiger partial charge is 0.135 e. The number of aliphatic imine (C=N–C) groups is 1. The van der Waals surface area contributed by atoms with Crippen LogP contribution in [0.15, 0.2) is 220 Å². The maximum Gasteiger partial charge on any atom is 0.135 e. The zero-order valence-electron chi connectivity index (χ0n) is 34.0. The van der Waals surface area contributed by atoms with Crippen LogP contribution in [0.5, 0.6) is 0 Å². The molecule has 0 aliphatic carbocycles. The van der Waals surface area contributed by atoms with Gasteiger partial charge < -0.3 is 18.7 Å². The number of amidine groups is 1. The van der Waals surface area contributed by atoms with Gasteiger partial charge in [-0.05, 0) is 88.5 Å². The van der Waals surface area contributed by atoms with Crippen LogP contribution in [0.4, 0.5) is 0 Å². The summed E-state index contributed by atoms with van der Waals surface area (Å²) in [7, 11) is 0. The van der Waals surface area contributed by atoms with Crippen molar-refractivity contribution < 1.29 is 8.83 Å². The first-order chi connectivity index (χ1) is 31.2. The zero-order valence-corrected chi connectivity index (χ0v) is 34.0. The Labute approximate surface area is 362 Å². The lowest BCUT2D eigenvalue weighted by molar-refractivity contribution is 0.410. The molecule has 0 saturated carbocycles. The van der Waals surface area contributed by atoms with E-state index in [1.165, 1.54) is 32.9 Å². The number of aromatic nitrogens is 1. The first-order valence-corrected chi connectivity index (χ1v) is 21.4. The largest absolute Gasteiger partial charge is 0.456 e. The fourth-order valence-corrected chi connectivity index (χ4v) is 9.68. The molecule has 298 valence electrons. The summed E-state index contributed by atoms with van der Waals surface area (Å²) in [6.45, 7) is 0. The van der Waals surface area contributed by atoms with Crippen LogP contribution in [0.2, 0.25) is 0 Å². The van der Waals surface area contributed by atoms with Crippen molar-refractivity contribution in [2.45, 2.75) is 12.3 Å². The van der Waals surface area contributed by atoms with Gasteiger partial charge in [-0.3, -0.25) is 5.32 Å². The van der Waals surface area contributed by atoms with Gasteiger partial charge in [0.2, 0.25) is 0 Å². The second kappa shape index (κ2) is 14.2. The molecule has 1 aliphatic rings. The van der Waals surface area contributed by atoms with E-state index in [1.807, 2.05) is 18.2 Å². The van der Waals surface area contributed by atoms with Gasteiger partial charge in [0.05, 0.1) is 11.0 Å². The van der Waals surface area contributed by atoms with Crippen molar-refractivity contribution in [1.82, 2.24) is 15.2 Å². The van der Waals surface area contributed by atoms with E-state index in [0.29, 0.717) is 0 Å². The normalized spacial score (nSPS) is 15.5. The Kier molecular flexibility index (Phi) is 8.01. The summed E-state index contributed by atoms with van der Waals surface area (Å²) >= 11 is 0. The van der Waals surface area contributed by atoms with E-state index in [1.54, 1.807) is 0 Å². The number of fused-ring (bicyclic) bond motifs is 9. The van der Waals surface area contributed by atoms with Crippen molar-refractivity contribution in [3.8, 4) is 27.9 Å². The Morgan fingerprint density at radius 3 is 1.86 bits per heavy atom. The number of furan rings is 2. The highest BCUT2D eigenvalue weighted by Crippen LogP contribution is 2.40. The summed E-state index contributed by atoms with van der Waals surface area (Å²) in [5, 5.41) is 14.4. The number of rotatable bonds is 6. The van der Waals surface area contributed by atoms with Crippen LogP contribution in [0.1, 0.15) is 29.0 Å². The topological polar surface area (TPSA) is 67.6 Å². The quantitative estimate of drug-likeness (QED) is 0.176. The number of benzene rings is 9. The number of hydrogen-bond acceptors (Lipinski definition) is 5. The van der Waals surface area contributed by atoms with Crippen molar-refractivity contribution in [2.75, 3.05) is 0 Å². The van der Waals surface area contributed by atoms with Crippen LogP contribution in [-0.2, 0) is 0 Å². The first-order valence-electron chi connectivity index (χ1n) is 21.4. The first kappa shape index (κ1) is 35.6. The number of hydrogen-bond donors (Lipinski definition) is 2. The summed E-state index contributed by atoms with van der Waals surface area (Å²) in [4.78, 5) is 5.33. The van der Waals surface area contributed by atoms with E-state index >= 15 is 0 Å². The van der Waals surface area contributed by atoms with Crippen LogP contribution >= 0.6 is 0 Å². The zero-order chi connectivity index (χ0) is 41.4. The molecule has 6 nitrogen and oxygen atoms in total. The number of para-hydroxylation sites is 3. The maximum absolute atomic E-state index is 6.54. The summed E-state index contributed by atoms with van der Waals surface area (Å²) < 4.78 is 15.2. The van der Waals surface area contributed by atoms with Crippen molar-refractivity contribution in [3.63, 3.8) is 0 Å².